The summed E-state index contributed by atoms with van der Waals surface area (Å²) in [6.45, 7) is -0.605. The molecule has 122 valence electrons. The molecule has 0 aliphatic rings. The molecule has 3 N–H and O–H groups in total. The molecule has 1 unspecified atom stereocenters. The molecule has 0 saturated heterocycles. The van der Waals surface area contributed by atoms with Crippen molar-refractivity contribution in [2.45, 2.75) is 6.10 Å². The number of carboxylic acid groups (broad SMARTS) is 1. The van der Waals surface area contributed by atoms with E-state index < -0.39 is 24.6 Å². The minimum Gasteiger partial charge on any atom is -0.478 e. The van der Waals surface area contributed by atoms with Gasteiger partial charge in [0.1, 0.15) is 12.7 Å². The van der Waals surface area contributed by atoms with E-state index in [4.69, 9.17) is 20.1 Å². The van der Waals surface area contributed by atoms with Crippen LogP contribution in [0.15, 0.2) is 60.7 Å². The number of aromatic carboxylic acids is 1. The van der Waals surface area contributed by atoms with Crippen LogP contribution in [0.2, 0.25) is 0 Å². The number of esters is 1. The van der Waals surface area contributed by atoms with Gasteiger partial charge in [0.05, 0.1) is 17.7 Å². The predicted octanol–water partition coefficient (Wildman–Crippen LogP) is 1.58. The van der Waals surface area contributed by atoms with Gasteiger partial charge in [-0.1, -0.05) is 36.4 Å². The number of rotatable bonds is 5. The second kappa shape index (κ2) is 10.1. The van der Waals surface area contributed by atoms with Gasteiger partial charge in [-0.15, -0.1) is 0 Å². The summed E-state index contributed by atoms with van der Waals surface area (Å²) in [6, 6.07) is 16.8. The van der Waals surface area contributed by atoms with E-state index in [1.807, 2.05) is 0 Å². The topological polar surface area (TPSA) is 104 Å². The summed E-state index contributed by atoms with van der Waals surface area (Å²) < 4.78 is 4.73. The first-order valence-electron chi connectivity index (χ1n) is 6.84. The average Bonchev–Trinajstić information content (AvgIpc) is 2.61. The zero-order valence-corrected chi connectivity index (χ0v) is 12.3. The molecule has 6 heteroatoms. The highest BCUT2D eigenvalue weighted by molar-refractivity contribution is 5.89. The summed E-state index contributed by atoms with van der Waals surface area (Å²) in [5.41, 5.74) is 0.759. The van der Waals surface area contributed by atoms with Crippen LogP contribution in [-0.2, 0) is 4.74 Å². The number of ether oxygens (including phenoxy) is 1. The van der Waals surface area contributed by atoms with Crippen LogP contribution in [0.3, 0.4) is 0 Å². The van der Waals surface area contributed by atoms with Crippen molar-refractivity contribution in [3.05, 3.63) is 71.8 Å². The number of hydrogen-bond donors (Lipinski definition) is 3. The molecule has 6 nitrogen and oxygen atoms in total. The average molecular weight is 318 g/mol. The van der Waals surface area contributed by atoms with Gasteiger partial charge in [0.2, 0.25) is 0 Å². The van der Waals surface area contributed by atoms with Gasteiger partial charge in [-0.2, -0.15) is 0 Å². The van der Waals surface area contributed by atoms with E-state index in [1.54, 1.807) is 60.7 Å². The van der Waals surface area contributed by atoms with E-state index in [2.05, 4.69) is 0 Å². The molecule has 2 aromatic carbocycles. The summed E-state index contributed by atoms with van der Waals surface area (Å²) >= 11 is 0. The Balaban J connectivity index is 0.000000253. The number of carboxylic acids is 1. The quantitative estimate of drug-likeness (QED) is 0.723. The first-order chi connectivity index (χ1) is 11.0. The van der Waals surface area contributed by atoms with E-state index in [-0.39, 0.29) is 6.61 Å². The molecule has 1 atom stereocenters. The monoisotopic (exact) mass is 318 g/mol. The number of carbonyl (C=O) groups excluding carboxylic acids is 1. The van der Waals surface area contributed by atoms with Gasteiger partial charge in [-0.3, -0.25) is 0 Å². The number of benzene rings is 2. The maximum absolute atomic E-state index is 11.3. The molecule has 0 aromatic heterocycles. The van der Waals surface area contributed by atoms with Crippen LogP contribution >= 0.6 is 0 Å². The standard InChI is InChI=1S/C10H12O4.C7H6O2/c11-6-9(12)7-14-10(13)8-4-2-1-3-5-8;8-7(9)6-4-2-1-3-5-6/h1-5,9,11-12H,6-7H2;1-5H,(H,8,9). The van der Waals surface area contributed by atoms with Gasteiger partial charge in [0.25, 0.3) is 0 Å². The van der Waals surface area contributed by atoms with Crippen LogP contribution in [0.4, 0.5) is 0 Å². The van der Waals surface area contributed by atoms with Crippen LogP contribution in [0.1, 0.15) is 20.7 Å². The first-order valence-corrected chi connectivity index (χ1v) is 6.84. The van der Waals surface area contributed by atoms with Gasteiger partial charge in [0, 0.05) is 0 Å². The van der Waals surface area contributed by atoms with E-state index in [1.165, 1.54) is 0 Å². The summed E-state index contributed by atoms with van der Waals surface area (Å²) in [5, 5.41) is 25.8. The largest absolute Gasteiger partial charge is 0.478 e. The zero-order valence-electron chi connectivity index (χ0n) is 12.3. The Bertz CT molecular complexity index is 597. The minimum absolute atomic E-state index is 0.190. The summed E-state index contributed by atoms with van der Waals surface area (Å²) in [6.07, 6.45) is -1.01. The molecule has 0 spiro atoms. The molecule has 23 heavy (non-hydrogen) atoms. The van der Waals surface area contributed by atoms with Crippen molar-refractivity contribution in [3.8, 4) is 0 Å². The highest BCUT2D eigenvalue weighted by Crippen LogP contribution is 2.01. The van der Waals surface area contributed by atoms with Gasteiger partial charge in [0.15, 0.2) is 0 Å². The van der Waals surface area contributed by atoms with Crippen molar-refractivity contribution in [1.82, 2.24) is 0 Å². The van der Waals surface area contributed by atoms with Crippen LogP contribution in [0.25, 0.3) is 0 Å². The van der Waals surface area contributed by atoms with Crippen LogP contribution in [0, 0.1) is 0 Å². The molecule has 0 amide bonds. The fourth-order valence-corrected chi connectivity index (χ4v) is 1.46. The zero-order chi connectivity index (χ0) is 17.1. The number of carbonyl (C=O) groups is 2. The van der Waals surface area contributed by atoms with E-state index in [0.717, 1.165) is 0 Å². The number of aliphatic hydroxyl groups excluding tert-OH is 2. The van der Waals surface area contributed by atoms with E-state index >= 15 is 0 Å². The van der Waals surface area contributed by atoms with Crippen LogP contribution in [0.5, 0.6) is 0 Å². The molecular weight excluding hydrogens is 300 g/mol. The van der Waals surface area contributed by atoms with Crippen LogP contribution < -0.4 is 0 Å². The Morgan fingerprint density at radius 1 is 0.913 bits per heavy atom. The fraction of sp³-hybridized carbons (Fsp3) is 0.176. The number of hydrogen-bond acceptors (Lipinski definition) is 5. The maximum atomic E-state index is 11.3. The van der Waals surface area contributed by atoms with Crippen molar-refractivity contribution in [2.24, 2.45) is 0 Å². The van der Waals surface area contributed by atoms with Crippen molar-refractivity contribution in [3.63, 3.8) is 0 Å². The molecule has 0 heterocycles. The smallest absolute Gasteiger partial charge is 0.338 e. The molecule has 0 bridgehead atoms. The Kier molecular flexibility index (Phi) is 8.06. The molecular formula is C17H18O6. The van der Waals surface area contributed by atoms with Crippen LogP contribution in [-0.4, -0.2) is 46.6 Å². The summed E-state index contributed by atoms with van der Waals surface area (Å²) in [5.74, 6) is -1.38. The van der Waals surface area contributed by atoms with Gasteiger partial charge in [-0.05, 0) is 24.3 Å². The third-order valence-corrected chi connectivity index (χ3v) is 2.65. The highest BCUT2D eigenvalue weighted by Gasteiger charge is 2.09. The lowest BCUT2D eigenvalue weighted by molar-refractivity contribution is 0.00932. The maximum Gasteiger partial charge on any atom is 0.338 e. The predicted molar refractivity (Wildman–Crippen MR) is 83.2 cm³/mol. The first kappa shape index (κ1) is 18.3. The molecule has 0 fully saturated rings. The Morgan fingerprint density at radius 3 is 1.78 bits per heavy atom. The minimum atomic E-state index is -1.01. The molecule has 0 aliphatic carbocycles. The lowest BCUT2D eigenvalue weighted by Gasteiger charge is -2.07. The lowest BCUT2D eigenvalue weighted by atomic mass is 10.2. The lowest BCUT2D eigenvalue weighted by Crippen LogP contribution is -2.21. The van der Waals surface area contributed by atoms with Crippen molar-refractivity contribution in [1.29, 1.82) is 0 Å². The van der Waals surface area contributed by atoms with Gasteiger partial charge < -0.3 is 20.1 Å². The normalized spacial score (nSPS) is 10.9. The Morgan fingerprint density at radius 2 is 1.39 bits per heavy atom. The summed E-state index contributed by atoms with van der Waals surface area (Å²) in [4.78, 5) is 21.5. The molecule has 2 aromatic rings. The van der Waals surface area contributed by atoms with E-state index in [0.29, 0.717) is 11.1 Å². The summed E-state index contributed by atoms with van der Waals surface area (Å²) in [7, 11) is 0. The van der Waals surface area contributed by atoms with Crippen molar-refractivity contribution in [2.75, 3.05) is 13.2 Å². The third-order valence-electron chi connectivity index (χ3n) is 2.65. The van der Waals surface area contributed by atoms with Crippen molar-refractivity contribution >= 4 is 11.9 Å². The second-order valence-electron chi connectivity index (χ2n) is 4.47. The SMILES string of the molecule is O=C(O)c1ccccc1.O=C(OCC(O)CO)c1ccccc1. The molecule has 2 rings (SSSR count). The van der Waals surface area contributed by atoms with Gasteiger partial charge in [-0.25, -0.2) is 9.59 Å². The molecule has 0 radical (unpaired) electrons. The molecule has 0 aliphatic heterocycles. The third kappa shape index (κ3) is 7.21. The number of aliphatic hydroxyl groups is 2. The Hall–Kier alpha value is -2.70. The van der Waals surface area contributed by atoms with E-state index in [9.17, 15) is 9.59 Å². The van der Waals surface area contributed by atoms with Gasteiger partial charge >= 0.3 is 11.9 Å². The second-order valence-corrected chi connectivity index (χ2v) is 4.47. The fourth-order valence-electron chi connectivity index (χ4n) is 1.46. The molecule has 0 saturated carbocycles. The highest BCUT2D eigenvalue weighted by atomic mass is 16.5. The Labute approximate surface area is 133 Å². The van der Waals surface area contributed by atoms with Crippen molar-refractivity contribution < 1.29 is 29.6 Å².